The predicted octanol–water partition coefficient (Wildman–Crippen LogP) is 1.62. The van der Waals surface area contributed by atoms with Crippen LogP contribution in [0.5, 0.6) is 0 Å². The van der Waals surface area contributed by atoms with Gasteiger partial charge in [0.2, 0.25) is 0 Å². The Morgan fingerprint density at radius 1 is 1.47 bits per heavy atom. The summed E-state index contributed by atoms with van der Waals surface area (Å²) in [6.07, 6.45) is 7.01. The lowest BCUT2D eigenvalue weighted by Gasteiger charge is -2.05. The van der Waals surface area contributed by atoms with Gasteiger partial charge in [0.25, 0.3) is 0 Å². The standard InChI is InChI=1S/C10H13N5/c1-2-15-7-8(5-13-15)14-10-3-4-12-6-9(10)11/h3-7H,2,11H2,1H3,(H,12,14). The Labute approximate surface area is 87.9 Å². The van der Waals surface area contributed by atoms with Gasteiger partial charge >= 0.3 is 0 Å². The van der Waals surface area contributed by atoms with E-state index in [2.05, 4.69) is 15.4 Å². The predicted molar refractivity (Wildman–Crippen MR) is 59.8 cm³/mol. The molecule has 0 bridgehead atoms. The van der Waals surface area contributed by atoms with Crippen LogP contribution in [-0.4, -0.2) is 14.8 Å². The van der Waals surface area contributed by atoms with Gasteiger partial charge in [0.1, 0.15) is 0 Å². The summed E-state index contributed by atoms with van der Waals surface area (Å²) in [5.41, 5.74) is 8.16. The van der Waals surface area contributed by atoms with Gasteiger partial charge in [-0.05, 0) is 13.0 Å². The van der Waals surface area contributed by atoms with Crippen LogP contribution in [0.2, 0.25) is 0 Å². The number of anilines is 3. The molecule has 0 radical (unpaired) electrons. The summed E-state index contributed by atoms with van der Waals surface area (Å²) in [6, 6.07) is 1.83. The molecule has 2 aromatic heterocycles. The van der Waals surface area contributed by atoms with Gasteiger partial charge in [-0.3, -0.25) is 9.67 Å². The molecule has 0 aliphatic carbocycles. The van der Waals surface area contributed by atoms with Crippen molar-refractivity contribution in [3.05, 3.63) is 30.9 Å². The van der Waals surface area contributed by atoms with Crippen molar-refractivity contribution in [2.75, 3.05) is 11.1 Å². The van der Waals surface area contributed by atoms with Crippen LogP contribution in [0, 0.1) is 0 Å². The maximum absolute atomic E-state index is 5.76. The molecule has 0 fully saturated rings. The van der Waals surface area contributed by atoms with Gasteiger partial charge in [-0.2, -0.15) is 5.10 Å². The van der Waals surface area contributed by atoms with E-state index in [1.165, 1.54) is 0 Å². The summed E-state index contributed by atoms with van der Waals surface area (Å²) < 4.78 is 1.85. The first kappa shape index (κ1) is 9.51. The number of nitrogen functional groups attached to an aromatic ring is 1. The number of nitrogens with two attached hydrogens (primary N) is 1. The van der Waals surface area contributed by atoms with Crippen molar-refractivity contribution >= 4 is 17.1 Å². The van der Waals surface area contributed by atoms with Crippen molar-refractivity contribution in [3.8, 4) is 0 Å². The first-order valence-electron chi connectivity index (χ1n) is 4.78. The van der Waals surface area contributed by atoms with Crippen LogP contribution in [0.15, 0.2) is 30.9 Å². The van der Waals surface area contributed by atoms with Crippen LogP contribution in [0.1, 0.15) is 6.92 Å². The van der Waals surface area contributed by atoms with Gasteiger partial charge in [0.15, 0.2) is 0 Å². The van der Waals surface area contributed by atoms with Gasteiger partial charge in [0.05, 0.1) is 29.5 Å². The van der Waals surface area contributed by atoms with E-state index in [4.69, 9.17) is 5.73 Å². The van der Waals surface area contributed by atoms with E-state index in [1.54, 1.807) is 18.6 Å². The van der Waals surface area contributed by atoms with Crippen LogP contribution in [0.25, 0.3) is 0 Å². The number of hydrogen-bond acceptors (Lipinski definition) is 4. The second-order valence-corrected chi connectivity index (χ2v) is 3.17. The highest BCUT2D eigenvalue weighted by Crippen LogP contribution is 2.20. The highest BCUT2D eigenvalue weighted by molar-refractivity contribution is 5.70. The van der Waals surface area contributed by atoms with E-state index in [0.717, 1.165) is 17.9 Å². The largest absolute Gasteiger partial charge is 0.396 e. The molecule has 0 aliphatic heterocycles. The molecular formula is C10H13N5. The zero-order valence-corrected chi connectivity index (χ0v) is 8.51. The maximum atomic E-state index is 5.76. The molecule has 2 heterocycles. The molecule has 2 rings (SSSR count). The van der Waals surface area contributed by atoms with Crippen molar-refractivity contribution in [2.45, 2.75) is 13.5 Å². The molecule has 0 aliphatic rings. The molecule has 0 amide bonds. The normalized spacial score (nSPS) is 10.2. The number of nitrogens with zero attached hydrogens (tertiary/aromatic N) is 3. The van der Waals surface area contributed by atoms with Crippen molar-refractivity contribution in [1.29, 1.82) is 0 Å². The van der Waals surface area contributed by atoms with Crippen molar-refractivity contribution < 1.29 is 0 Å². The first-order valence-corrected chi connectivity index (χ1v) is 4.78. The van der Waals surface area contributed by atoms with Gasteiger partial charge in [-0.15, -0.1) is 0 Å². The molecule has 0 aromatic carbocycles. The molecule has 5 nitrogen and oxygen atoms in total. The lowest BCUT2D eigenvalue weighted by Crippen LogP contribution is -1.96. The van der Waals surface area contributed by atoms with E-state index >= 15 is 0 Å². The van der Waals surface area contributed by atoms with E-state index in [0.29, 0.717) is 5.69 Å². The molecule has 78 valence electrons. The van der Waals surface area contributed by atoms with Crippen molar-refractivity contribution in [2.24, 2.45) is 0 Å². The van der Waals surface area contributed by atoms with Crippen molar-refractivity contribution in [1.82, 2.24) is 14.8 Å². The molecular weight excluding hydrogens is 190 g/mol. The van der Waals surface area contributed by atoms with Crippen LogP contribution in [0.3, 0.4) is 0 Å². The Bertz CT molecular complexity index is 449. The quantitative estimate of drug-likeness (QED) is 0.795. The molecule has 0 saturated heterocycles. The second kappa shape index (κ2) is 4.00. The molecule has 5 heteroatoms. The zero-order chi connectivity index (χ0) is 10.7. The number of hydrogen-bond donors (Lipinski definition) is 2. The summed E-state index contributed by atoms with van der Waals surface area (Å²) in [7, 11) is 0. The number of nitrogens with one attached hydrogen (secondary N) is 1. The van der Waals surface area contributed by atoms with Gasteiger partial charge in [0, 0.05) is 18.9 Å². The third-order valence-electron chi connectivity index (χ3n) is 2.09. The van der Waals surface area contributed by atoms with Crippen LogP contribution < -0.4 is 11.1 Å². The lowest BCUT2D eigenvalue weighted by molar-refractivity contribution is 0.660. The molecule has 0 atom stereocenters. The van der Waals surface area contributed by atoms with Crippen LogP contribution in [-0.2, 0) is 6.54 Å². The second-order valence-electron chi connectivity index (χ2n) is 3.17. The Morgan fingerprint density at radius 3 is 3.00 bits per heavy atom. The van der Waals surface area contributed by atoms with Gasteiger partial charge < -0.3 is 11.1 Å². The molecule has 2 aromatic rings. The van der Waals surface area contributed by atoms with Gasteiger partial charge in [-0.25, -0.2) is 0 Å². The minimum atomic E-state index is 0.627. The summed E-state index contributed by atoms with van der Waals surface area (Å²) in [6.45, 7) is 2.89. The number of aryl methyl sites for hydroxylation is 1. The summed E-state index contributed by atoms with van der Waals surface area (Å²) in [4.78, 5) is 3.92. The minimum Gasteiger partial charge on any atom is -0.396 e. The topological polar surface area (TPSA) is 68.8 Å². The maximum Gasteiger partial charge on any atom is 0.0771 e. The third-order valence-corrected chi connectivity index (χ3v) is 2.09. The number of aromatic nitrogens is 3. The van der Waals surface area contributed by atoms with E-state index in [9.17, 15) is 0 Å². The van der Waals surface area contributed by atoms with Crippen molar-refractivity contribution in [3.63, 3.8) is 0 Å². The summed E-state index contributed by atoms with van der Waals surface area (Å²) in [5, 5.41) is 7.34. The SMILES string of the molecule is CCn1cc(Nc2ccncc2N)cn1. The van der Waals surface area contributed by atoms with E-state index < -0.39 is 0 Å². The fraction of sp³-hybridized carbons (Fsp3) is 0.200. The highest BCUT2D eigenvalue weighted by atomic mass is 15.3. The molecule has 0 spiro atoms. The third kappa shape index (κ3) is 2.07. The Balaban J connectivity index is 2.18. The molecule has 15 heavy (non-hydrogen) atoms. The fourth-order valence-corrected chi connectivity index (χ4v) is 1.28. The Hall–Kier alpha value is -2.04. The molecule has 3 N–H and O–H groups in total. The lowest BCUT2D eigenvalue weighted by atomic mass is 10.3. The first-order chi connectivity index (χ1) is 7.29. The highest BCUT2D eigenvalue weighted by Gasteiger charge is 2.00. The monoisotopic (exact) mass is 203 g/mol. The number of rotatable bonds is 3. The average molecular weight is 203 g/mol. The molecule has 0 unspecified atom stereocenters. The number of pyridine rings is 1. The van der Waals surface area contributed by atoms with Gasteiger partial charge in [-0.1, -0.05) is 0 Å². The van der Waals surface area contributed by atoms with Crippen LogP contribution in [0.4, 0.5) is 17.1 Å². The Kier molecular flexibility index (Phi) is 2.53. The molecule has 0 saturated carbocycles. The zero-order valence-electron chi connectivity index (χ0n) is 8.51. The van der Waals surface area contributed by atoms with E-state index in [1.807, 2.05) is 23.9 Å². The fourth-order valence-electron chi connectivity index (χ4n) is 1.28. The Morgan fingerprint density at radius 2 is 2.33 bits per heavy atom. The summed E-state index contributed by atoms with van der Waals surface area (Å²) >= 11 is 0. The van der Waals surface area contributed by atoms with E-state index in [-0.39, 0.29) is 0 Å². The van der Waals surface area contributed by atoms with Crippen LogP contribution >= 0.6 is 0 Å². The summed E-state index contributed by atoms with van der Waals surface area (Å²) in [5.74, 6) is 0. The smallest absolute Gasteiger partial charge is 0.0771 e. The minimum absolute atomic E-state index is 0.627. The average Bonchev–Trinajstić information content (AvgIpc) is 2.69.